The molecule has 1 aliphatic rings. The van der Waals surface area contributed by atoms with Crippen LogP contribution in [0.2, 0.25) is 0 Å². The Balaban J connectivity index is 1.32. The maximum Gasteiger partial charge on any atom is 0.263 e. The largest absolute Gasteiger partial charge is 0.376 e. The average Bonchev–Trinajstić information content (AvgIpc) is 3.61. The van der Waals surface area contributed by atoms with Crippen LogP contribution in [0.4, 0.5) is 5.69 Å². The molecule has 1 aliphatic heterocycles. The van der Waals surface area contributed by atoms with Crippen molar-refractivity contribution in [1.29, 1.82) is 0 Å². The lowest BCUT2D eigenvalue weighted by Crippen LogP contribution is -2.33. The van der Waals surface area contributed by atoms with Gasteiger partial charge in [-0.25, -0.2) is 4.98 Å². The van der Waals surface area contributed by atoms with Crippen molar-refractivity contribution < 1.29 is 14.3 Å². The number of ether oxygens (including phenoxy) is 1. The number of hydrogen-bond acceptors (Lipinski definition) is 7. The molecule has 0 radical (unpaired) electrons. The zero-order valence-electron chi connectivity index (χ0n) is 18.2. The van der Waals surface area contributed by atoms with E-state index in [0.717, 1.165) is 23.3 Å². The second kappa shape index (κ2) is 9.88. The predicted octanol–water partition coefficient (Wildman–Crippen LogP) is 3.73. The van der Waals surface area contributed by atoms with Crippen molar-refractivity contribution >= 4 is 50.4 Å². The number of rotatable bonds is 7. The van der Waals surface area contributed by atoms with Gasteiger partial charge >= 0.3 is 0 Å². The molecule has 0 bridgehead atoms. The monoisotopic (exact) mass is 494 g/mol. The first-order valence-electron chi connectivity index (χ1n) is 10.9. The van der Waals surface area contributed by atoms with Crippen LogP contribution < -0.4 is 16.2 Å². The predicted molar refractivity (Wildman–Crippen MR) is 134 cm³/mol. The van der Waals surface area contributed by atoms with Crippen molar-refractivity contribution in [3.05, 3.63) is 69.4 Å². The van der Waals surface area contributed by atoms with Crippen molar-refractivity contribution in [2.24, 2.45) is 0 Å². The van der Waals surface area contributed by atoms with Gasteiger partial charge in [-0.05, 0) is 36.4 Å². The van der Waals surface area contributed by atoms with Crippen molar-refractivity contribution in [2.75, 3.05) is 18.5 Å². The lowest BCUT2D eigenvalue weighted by atomic mass is 10.1. The summed E-state index contributed by atoms with van der Waals surface area (Å²) in [5.41, 5.74) is 1.30. The summed E-state index contributed by atoms with van der Waals surface area (Å²) in [6, 6.07) is 10.7. The number of carbonyl (C=O) groups is 2. The smallest absolute Gasteiger partial charge is 0.263 e. The zero-order valence-corrected chi connectivity index (χ0v) is 19.8. The number of fused-ring (bicyclic) bond motifs is 1. The summed E-state index contributed by atoms with van der Waals surface area (Å²) < 4.78 is 6.84. The lowest BCUT2D eigenvalue weighted by molar-refractivity contribution is -0.116. The number of hydrogen-bond donors (Lipinski definition) is 2. The topological polar surface area (TPSA) is 102 Å². The first-order chi connectivity index (χ1) is 16.6. The maximum atomic E-state index is 13.2. The zero-order chi connectivity index (χ0) is 23.5. The van der Waals surface area contributed by atoms with E-state index < -0.39 is 5.91 Å². The fourth-order valence-corrected chi connectivity index (χ4v) is 5.66. The molecule has 4 aromatic rings. The third-order valence-electron chi connectivity index (χ3n) is 5.62. The fourth-order valence-electron chi connectivity index (χ4n) is 3.94. The van der Waals surface area contributed by atoms with E-state index in [2.05, 4.69) is 15.6 Å². The number of benzene rings is 1. The molecular weight excluding hydrogens is 472 g/mol. The van der Waals surface area contributed by atoms with Crippen LogP contribution in [0.5, 0.6) is 0 Å². The Morgan fingerprint density at radius 2 is 2.06 bits per heavy atom. The molecule has 4 heterocycles. The molecule has 10 heteroatoms. The highest BCUT2D eigenvalue weighted by atomic mass is 32.1. The van der Waals surface area contributed by atoms with Crippen LogP contribution in [0.25, 0.3) is 20.7 Å². The summed E-state index contributed by atoms with van der Waals surface area (Å²) in [6.07, 6.45) is 3.33. The minimum atomic E-state index is -0.421. The minimum absolute atomic E-state index is 0.0242. The van der Waals surface area contributed by atoms with Gasteiger partial charge in [0.1, 0.15) is 11.4 Å². The van der Waals surface area contributed by atoms with Crippen LogP contribution >= 0.6 is 22.7 Å². The van der Waals surface area contributed by atoms with Crippen LogP contribution in [-0.2, 0) is 16.1 Å². The van der Waals surface area contributed by atoms with Gasteiger partial charge in [-0.1, -0.05) is 18.2 Å². The highest BCUT2D eigenvalue weighted by Gasteiger charge is 2.19. The van der Waals surface area contributed by atoms with E-state index in [1.807, 2.05) is 22.9 Å². The normalized spacial score (nSPS) is 15.5. The Labute approximate surface area is 203 Å². The maximum absolute atomic E-state index is 13.2. The van der Waals surface area contributed by atoms with Crippen LogP contribution in [0.15, 0.2) is 58.3 Å². The average molecular weight is 495 g/mol. The van der Waals surface area contributed by atoms with E-state index in [-0.39, 0.29) is 24.1 Å². The number of anilines is 1. The molecule has 174 valence electrons. The lowest BCUT2D eigenvalue weighted by Gasteiger charge is -2.14. The van der Waals surface area contributed by atoms with E-state index in [1.54, 1.807) is 35.6 Å². The summed E-state index contributed by atoms with van der Waals surface area (Å²) in [6.45, 7) is 0.927. The minimum Gasteiger partial charge on any atom is -0.376 e. The summed E-state index contributed by atoms with van der Waals surface area (Å²) in [5, 5.41) is 10.0. The van der Waals surface area contributed by atoms with Crippen LogP contribution in [0.3, 0.4) is 0 Å². The van der Waals surface area contributed by atoms with Gasteiger partial charge in [0.2, 0.25) is 5.91 Å². The second-order valence-corrected chi connectivity index (χ2v) is 9.73. The van der Waals surface area contributed by atoms with Gasteiger partial charge in [0.15, 0.2) is 0 Å². The van der Waals surface area contributed by atoms with E-state index in [0.29, 0.717) is 34.6 Å². The number of nitrogens with one attached hydrogen (secondary N) is 2. The van der Waals surface area contributed by atoms with Crippen LogP contribution in [-0.4, -0.2) is 40.6 Å². The molecule has 0 spiro atoms. The number of para-hydroxylation sites is 1. The molecule has 1 atom stereocenters. The SMILES string of the molecule is O=C(Cn1cnc2scc(-c3cccs3)c2c1=O)Nc1ccccc1C(=O)NCC1CCCO1. The van der Waals surface area contributed by atoms with Crippen molar-refractivity contribution in [3.63, 3.8) is 0 Å². The molecule has 34 heavy (non-hydrogen) atoms. The van der Waals surface area contributed by atoms with E-state index in [9.17, 15) is 14.4 Å². The second-order valence-electron chi connectivity index (χ2n) is 7.92. The Hall–Kier alpha value is -3.34. The van der Waals surface area contributed by atoms with Crippen LogP contribution in [0, 0.1) is 0 Å². The molecule has 0 saturated carbocycles. The van der Waals surface area contributed by atoms with E-state index in [1.165, 1.54) is 22.2 Å². The Kier molecular flexibility index (Phi) is 6.52. The summed E-state index contributed by atoms with van der Waals surface area (Å²) in [4.78, 5) is 44.7. The first kappa shape index (κ1) is 22.5. The highest BCUT2D eigenvalue weighted by Crippen LogP contribution is 2.33. The molecule has 1 unspecified atom stereocenters. The highest BCUT2D eigenvalue weighted by molar-refractivity contribution is 7.18. The molecule has 0 aliphatic carbocycles. The molecule has 1 fully saturated rings. The molecule has 5 rings (SSSR count). The molecule has 3 aromatic heterocycles. The quantitative estimate of drug-likeness (QED) is 0.408. The number of thiophene rings is 2. The van der Waals surface area contributed by atoms with Crippen LogP contribution in [0.1, 0.15) is 23.2 Å². The first-order valence-corrected chi connectivity index (χ1v) is 12.7. The molecule has 2 N–H and O–H groups in total. The van der Waals surface area contributed by atoms with Crippen molar-refractivity contribution in [2.45, 2.75) is 25.5 Å². The summed E-state index contributed by atoms with van der Waals surface area (Å²) in [5.74, 6) is -0.707. The van der Waals surface area contributed by atoms with Crippen molar-refractivity contribution in [1.82, 2.24) is 14.9 Å². The summed E-state index contributed by atoms with van der Waals surface area (Å²) >= 11 is 2.95. The fraction of sp³-hybridized carbons (Fsp3) is 0.250. The van der Waals surface area contributed by atoms with Gasteiger partial charge in [-0.15, -0.1) is 22.7 Å². The Morgan fingerprint density at radius 1 is 1.18 bits per heavy atom. The molecule has 1 aromatic carbocycles. The number of aromatic nitrogens is 2. The van der Waals surface area contributed by atoms with Crippen molar-refractivity contribution in [3.8, 4) is 10.4 Å². The van der Waals surface area contributed by atoms with Gasteiger partial charge in [0.05, 0.1) is 29.1 Å². The van der Waals surface area contributed by atoms with E-state index >= 15 is 0 Å². The standard InChI is InChI=1S/C24H22N4O4S2/c29-20(27-18-7-2-1-6-16(18)22(30)25-11-15-5-3-9-32-15)12-28-14-26-23-21(24(28)31)17(13-34-23)19-8-4-10-33-19/h1-2,4,6-8,10,13-15H,3,5,9,11-12H2,(H,25,30)(H,27,29). The third-order valence-corrected chi connectivity index (χ3v) is 7.41. The van der Waals surface area contributed by atoms with Gasteiger partial charge in [-0.3, -0.25) is 19.0 Å². The number of amides is 2. The molecule has 8 nitrogen and oxygen atoms in total. The number of nitrogens with zero attached hydrogens (tertiary/aromatic N) is 2. The van der Waals surface area contributed by atoms with Gasteiger partial charge < -0.3 is 15.4 Å². The van der Waals surface area contributed by atoms with Gasteiger partial charge in [0.25, 0.3) is 11.5 Å². The molecule has 2 amide bonds. The van der Waals surface area contributed by atoms with Gasteiger partial charge in [0, 0.05) is 29.0 Å². The molecular formula is C24H22N4O4S2. The van der Waals surface area contributed by atoms with E-state index in [4.69, 9.17) is 4.74 Å². The Bertz CT molecular complexity index is 1390. The molecule has 1 saturated heterocycles. The number of carbonyl (C=O) groups excluding carboxylic acids is 2. The van der Waals surface area contributed by atoms with Gasteiger partial charge in [-0.2, -0.15) is 0 Å². The summed E-state index contributed by atoms with van der Waals surface area (Å²) in [7, 11) is 0. The Morgan fingerprint density at radius 3 is 2.85 bits per heavy atom. The third kappa shape index (κ3) is 4.65.